The Morgan fingerprint density at radius 1 is 1.15 bits per heavy atom. The summed E-state index contributed by atoms with van der Waals surface area (Å²) in [6, 6.07) is 4.15. The van der Waals surface area contributed by atoms with Crippen LogP contribution in [0.3, 0.4) is 0 Å². The predicted molar refractivity (Wildman–Crippen MR) is 66.6 cm³/mol. The average molecular weight is 285 g/mol. The standard InChI is InChI=1S/C13H11F4N3/c1-2-18-12-19-7-10(14)11(20-12)8-3-5-9(6-4-8)13(15,16)17/h3-7H,2H2,1H3,(H,18,19,20). The largest absolute Gasteiger partial charge is 0.416 e. The van der Waals surface area contributed by atoms with E-state index >= 15 is 0 Å². The summed E-state index contributed by atoms with van der Waals surface area (Å²) >= 11 is 0. The highest BCUT2D eigenvalue weighted by Gasteiger charge is 2.30. The molecule has 1 N–H and O–H groups in total. The fourth-order valence-electron chi connectivity index (χ4n) is 1.63. The van der Waals surface area contributed by atoms with Crippen molar-refractivity contribution in [3.63, 3.8) is 0 Å². The second-order valence-electron chi connectivity index (χ2n) is 4.00. The van der Waals surface area contributed by atoms with Gasteiger partial charge in [-0.25, -0.2) is 14.4 Å². The topological polar surface area (TPSA) is 37.8 Å². The molecule has 0 saturated heterocycles. The monoisotopic (exact) mass is 285 g/mol. The molecule has 0 aliphatic rings. The van der Waals surface area contributed by atoms with E-state index in [0.717, 1.165) is 18.3 Å². The van der Waals surface area contributed by atoms with Crippen molar-refractivity contribution in [2.75, 3.05) is 11.9 Å². The molecular formula is C13H11F4N3. The van der Waals surface area contributed by atoms with Gasteiger partial charge < -0.3 is 5.32 Å². The van der Waals surface area contributed by atoms with E-state index < -0.39 is 17.6 Å². The quantitative estimate of drug-likeness (QED) is 0.873. The highest BCUT2D eigenvalue weighted by Crippen LogP contribution is 2.31. The molecule has 0 atom stereocenters. The molecule has 7 heteroatoms. The molecule has 0 fully saturated rings. The van der Waals surface area contributed by atoms with Crippen LogP contribution >= 0.6 is 0 Å². The number of benzene rings is 1. The number of rotatable bonds is 3. The zero-order valence-electron chi connectivity index (χ0n) is 10.5. The number of nitrogens with zero attached hydrogens (tertiary/aromatic N) is 2. The van der Waals surface area contributed by atoms with E-state index in [0.29, 0.717) is 6.54 Å². The first kappa shape index (κ1) is 14.2. The van der Waals surface area contributed by atoms with Gasteiger partial charge in [0.05, 0.1) is 11.8 Å². The lowest BCUT2D eigenvalue weighted by atomic mass is 10.1. The number of hydrogen-bond donors (Lipinski definition) is 1. The van der Waals surface area contributed by atoms with Crippen LogP contribution < -0.4 is 5.32 Å². The maximum atomic E-state index is 13.7. The van der Waals surface area contributed by atoms with E-state index in [9.17, 15) is 17.6 Å². The lowest BCUT2D eigenvalue weighted by Crippen LogP contribution is -2.05. The van der Waals surface area contributed by atoms with Gasteiger partial charge in [0.2, 0.25) is 5.95 Å². The molecule has 0 aliphatic heterocycles. The molecule has 3 nitrogen and oxygen atoms in total. The van der Waals surface area contributed by atoms with E-state index in [1.54, 1.807) is 0 Å². The highest BCUT2D eigenvalue weighted by molar-refractivity contribution is 5.61. The van der Waals surface area contributed by atoms with Crippen molar-refractivity contribution < 1.29 is 17.6 Å². The third kappa shape index (κ3) is 3.04. The van der Waals surface area contributed by atoms with Crippen LogP contribution in [0.15, 0.2) is 30.5 Å². The molecule has 0 amide bonds. The van der Waals surface area contributed by atoms with Gasteiger partial charge in [0.1, 0.15) is 5.69 Å². The number of hydrogen-bond acceptors (Lipinski definition) is 3. The molecule has 2 rings (SSSR count). The van der Waals surface area contributed by atoms with Crippen molar-refractivity contribution in [3.05, 3.63) is 41.8 Å². The number of nitrogens with one attached hydrogen (secondary N) is 1. The van der Waals surface area contributed by atoms with Gasteiger partial charge >= 0.3 is 6.18 Å². The first-order chi connectivity index (χ1) is 9.41. The Balaban J connectivity index is 2.38. The second-order valence-corrected chi connectivity index (χ2v) is 4.00. The summed E-state index contributed by atoms with van der Waals surface area (Å²) in [5.74, 6) is -0.463. The van der Waals surface area contributed by atoms with Gasteiger partial charge in [0, 0.05) is 12.1 Å². The first-order valence-electron chi connectivity index (χ1n) is 5.86. The molecule has 0 aliphatic carbocycles. The Bertz CT molecular complexity index is 594. The molecular weight excluding hydrogens is 274 g/mol. The number of halogens is 4. The lowest BCUT2D eigenvalue weighted by Gasteiger charge is -2.09. The van der Waals surface area contributed by atoms with Gasteiger partial charge in [0.15, 0.2) is 5.82 Å². The third-order valence-electron chi connectivity index (χ3n) is 2.56. The first-order valence-corrected chi connectivity index (χ1v) is 5.86. The van der Waals surface area contributed by atoms with Gasteiger partial charge in [-0.3, -0.25) is 0 Å². The normalized spacial score (nSPS) is 11.4. The molecule has 20 heavy (non-hydrogen) atoms. The summed E-state index contributed by atoms with van der Waals surface area (Å²) in [5, 5.41) is 2.81. The minimum absolute atomic E-state index is 0.0373. The van der Waals surface area contributed by atoms with Gasteiger partial charge in [-0.1, -0.05) is 12.1 Å². The fraction of sp³-hybridized carbons (Fsp3) is 0.231. The summed E-state index contributed by atoms with van der Waals surface area (Å²) in [7, 11) is 0. The van der Waals surface area contributed by atoms with E-state index in [-0.39, 0.29) is 17.2 Å². The Labute approximate surface area is 112 Å². The highest BCUT2D eigenvalue weighted by atomic mass is 19.4. The Morgan fingerprint density at radius 2 is 1.80 bits per heavy atom. The minimum Gasteiger partial charge on any atom is -0.354 e. The summed E-state index contributed by atoms with van der Waals surface area (Å²) in [6.07, 6.45) is -3.43. The van der Waals surface area contributed by atoms with Crippen molar-refractivity contribution >= 4 is 5.95 Å². The Hall–Kier alpha value is -2.18. The van der Waals surface area contributed by atoms with Crippen LogP contribution in [0, 0.1) is 5.82 Å². The average Bonchev–Trinajstić information content (AvgIpc) is 2.40. The van der Waals surface area contributed by atoms with E-state index in [1.807, 2.05) is 6.92 Å². The van der Waals surface area contributed by atoms with Gasteiger partial charge in [0.25, 0.3) is 0 Å². The van der Waals surface area contributed by atoms with Crippen molar-refractivity contribution in [1.82, 2.24) is 9.97 Å². The molecule has 0 radical (unpaired) electrons. The summed E-state index contributed by atoms with van der Waals surface area (Å²) in [5.41, 5.74) is -0.565. The van der Waals surface area contributed by atoms with Crippen LogP contribution in [0.25, 0.3) is 11.3 Å². The van der Waals surface area contributed by atoms with Crippen LogP contribution in [0.1, 0.15) is 12.5 Å². The molecule has 1 aromatic carbocycles. The Kier molecular flexibility index (Phi) is 3.87. The van der Waals surface area contributed by atoms with Crippen LogP contribution in [0.2, 0.25) is 0 Å². The van der Waals surface area contributed by atoms with E-state index in [4.69, 9.17) is 0 Å². The molecule has 1 aromatic heterocycles. The molecule has 0 unspecified atom stereocenters. The lowest BCUT2D eigenvalue weighted by molar-refractivity contribution is -0.137. The van der Waals surface area contributed by atoms with Gasteiger partial charge in [-0.05, 0) is 19.1 Å². The number of alkyl halides is 3. The SMILES string of the molecule is CCNc1ncc(F)c(-c2ccc(C(F)(F)F)cc2)n1. The fourth-order valence-corrected chi connectivity index (χ4v) is 1.63. The molecule has 2 aromatic rings. The molecule has 0 bridgehead atoms. The minimum atomic E-state index is -4.42. The number of aromatic nitrogens is 2. The van der Waals surface area contributed by atoms with Crippen molar-refractivity contribution in [2.45, 2.75) is 13.1 Å². The maximum Gasteiger partial charge on any atom is 0.416 e. The summed E-state index contributed by atoms with van der Waals surface area (Å²) in [6.45, 7) is 2.38. The van der Waals surface area contributed by atoms with Crippen molar-refractivity contribution in [2.24, 2.45) is 0 Å². The van der Waals surface area contributed by atoms with Crippen LogP contribution in [-0.2, 0) is 6.18 Å². The van der Waals surface area contributed by atoms with Crippen molar-refractivity contribution in [1.29, 1.82) is 0 Å². The Morgan fingerprint density at radius 3 is 2.35 bits per heavy atom. The zero-order valence-corrected chi connectivity index (χ0v) is 10.5. The smallest absolute Gasteiger partial charge is 0.354 e. The molecule has 106 valence electrons. The zero-order chi connectivity index (χ0) is 14.8. The van der Waals surface area contributed by atoms with Crippen LogP contribution in [0.5, 0.6) is 0 Å². The maximum absolute atomic E-state index is 13.7. The molecule has 1 heterocycles. The number of anilines is 1. The summed E-state index contributed by atoms with van der Waals surface area (Å²) < 4.78 is 51.0. The van der Waals surface area contributed by atoms with Crippen LogP contribution in [-0.4, -0.2) is 16.5 Å². The van der Waals surface area contributed by atoms with Crippen molar-refractivity contribution in [3.8, 4) is 11.3 Å². The third-order valence-corrected chi connectivity index (χ3v) is 2.56. The molecule has 0 saturated carbocycles. The van der Waals surface area contributed by atoms with E-state index in [2.05, 4.69) is 15.3 Å². The van der Waals surface area contributed by atoms with Gasteiger partial charge in [-0.2, -0.15) is 13.2 Å². The van der Waals surface area contributed by atoms with Crippen LogP contribution in [0.4, 0.5) is 23.5 Å². The molecule has 0 spiro atoms. The van der Waals surface area contributed by atoms with E-state index in [1.165, 1.54) is 12.1 Å². The summed E-state index contributed by atoms with van der Waals surface area (Å²) in [4.78, 5) is 7.68. The second kappa shape index (κ2) is 5.44. The predicted octanol–water partition coefficient (Wildman–Crippen LogP) is 3.73. The van der Waals surface area contributed by atoms with Gasteiger partial charge in [-0.15, -0.1) is 0 Å².